The van der Waals surface area contributed by atoms with Gasteiger partial charge in [-0.1, -0.05) is 37.7 Å². The molecule has 30 heavy (non-hydrogen) atoms. The van der Waals surface area contributed by atoms with Crippen molar-refractivity contribution < 1.29 is 4.79 Å². The Hall–Kier alpha value is -2.67. The molecule has 1 aliphatic heterocycles. The molecule has 7 heteroatoms. The molecule has 3 heterocycles. The third-order valence-electron chi connectivity index (χ3n) is 5.42. The van der Waals surface area contributed by atoms with Crippen LogP contribution in [-0.4, -0.2) is 44.2 Å². The van der Waals surface area contributed by atoms with Crippen molar-refractivity contribution in [3.8, 4) is 5.82 Å². The maximum atomic E-state index is 13.3. The number of likely N-dealkylation sites (tertiary alicyclic amines) is 1. The summed E-state index contributed by atoms with van der Waals surface area (Å²) in [6, 6.07) is 11.0. The van der Waals surface area contributed by atoms with Crippen molar-refractivity contribution in [3.63, 3.8) is 0 Å². The Morgan fingerprint density at radius 1 is 1.17 bits per heavy atom. The zero-order valence-electron chi connectivity index (χ0n) is 17.5. The Morgan fingerprint density at radius 2 is 1.90 bits per heavy atom. The summed E-state index contributed by atoms with van der Waals surface area (Å²) in [4.78, 5) is 37.2. The van der Waals surface area contributed by atoms with E-state index >= 15 is 0 Å². The van der Waals surface area contributed by atoms with Crippen LogP contribution in [0, 0.1) is 18.8 Å². The average molecular weight is 423 g/mol. The molecule has 0 aliphatic carbocycles. The Morgan fingerprint density at radius 3 is 2.63 bits per heavy atom. The van der Waals surface area contributed by atoms with Crippen molar-refractivity contribution in [1.82, 2.24) is 19.4 Å². The number of hydrogen-bond donors (Lipinski definition) is 0. The highest BCUT2D eigenvalue weighted by molar-refractivity contribution is 7.99. The molecule has 0 saturated carbocycles. The standard InChI is InChI=1S/C23H26N4O2S/c1-15-8-9-24-20(11-15)27-22(29)18-6-4-5-7-19(18)25-23(27)30-14-21(28)26-12-16(2)10-17(3)13-26/h4-9,11,16-17H,10,12-14H2,1-3H3. The molecule has 2 aromatic heterocycles. The minimum Gasteiger partial charge on any atom is -0.341 e. The minimum absolute atomic E-state index is 0.0876. The molecule has 1 amide bonds. The van der Waals surface area contributed by atoms with Crippen molar-refractivity contribution in [2.75, 3.05) is 18.8 Å². The number of aryl methyl sites for hydroxylation is 1. The van der Waals surface area contributed by atoms with Gasteiger partial charge in [0, 0.05) is 19.3 Å². The number of piperidine rings is 1. The van der Waals surface area contributed by atoms with Crippen LogP contribution in [0.4, 0.5) is 0 Å². The maximum absolute atomic E-state index is 13.3. The summed E-state index contributed by atoms with van der Waals surface area (Å²) in [7, 11) is 0. The Kier molecular flexibility index (Phi) is 5.90. The number of hydrogen-bond acceptors (Lipinski definition) is 5. The van der Waals surface area contributed by atoms with Gasteiger partial charge in [0.2, 0.25) is 5.91 Å². The molecule has 0 spiro atoms. The molecule has 4 rings (SSSR count). The second-order valence-electron chi connectivity index (χ2n) is 8.28. The Labute approximate surface area is 180 Å². The van der Waals surface area contributed by atoms with E-state index in [4.69, 9.17) is 4.98 Å². The zero-order chi connectivity index (χ0) is 21.3. The molecular weight excluding hydrogens is 396 g/mol. The van der Waals surface area contributed by atoms with E-state index in [1.165, 1.54) is 16.3 Å². The van der Waals surface area contributed by atoms with Gasteiger partial charge in [0.25, 0.3) is 5.56 Å². The third kappa shape index (κ3) is 4.26. The number of benzene rings is 1. The number of fused-ring (bicyclic) bond motifs is 1. The second-order valence-corrected chi connectivity index (χ2v) is 9.22. The van der Waals surface area contributed by atoms with Crippen LogP contribution in [-0.2, 0) is 4.79 Å². The third-order valence-corrected chi connectivity index (χ3v) is 6.34. The van der Waals surface area contributed by atoms with Crippen LogP contribution in [0.3, 0.4) is 0 Å². The van der Waals surface area contributed by atoms with E-state index in [1.54, 1.807) is 12.3 Å². The summed E-state index contributed by atoms with van der Waals surface area (Å²) >= 11 is 1.30. The van der Waals surface area contributed by atoms with Gasteiger partial charge in [-0.05, 0) is 55.0 Å². The maximum Gasteiger partial charge on any atom is 0.267 e. The predicted molar refractivity (Wildman–Crippen MR) is 120 cm³/mol. The van der Waals surface area contributed by atoms with Crippen molar-refractivity contribution in [3.05, 3.63) is 58.5 Å². The molecule has 1 aliphatic rings. The molecule has 156 valence electrons. The van der Waals surface area contributed by atoms with Crippen LogP contribution in [0.25, 0.3) is 16.7 Å². The predicted octanol–water partition coefficient (Wildman–Crippen LogP) is 3.69. The number of pyridine rings is 1. The fraction of sp³-hybridized carbons (Fsp3) is 0.391. The molecule has 0 N–H and O–H groups in total. The van der Waals surface area contributed by atoms with Crippen LogP contribution in [0.1, 0.15) is 25.8 Å². The first kappa shape index (κ1) is 20.6. The smallest absolute Gasteiger partial charge is 0.267 e. The molecule has 3 aromatic rings. The van der Waals surface area contributed by atoms with E-state index in [0.717, 1.165) is 25.1 Å². The SMILES string of the molecule is Cc1ccnc(-n2c(SCC(=O)N3CC(C)CC(C)C3)nc3ccccc3c2=O)c1. The van der Waals surface area contributed by atoms with E-state index in [0.29, 0.717) is 33.7 Å². The highest BCUT2D eigenvalue weighted by Gasteiger charge is 2.26. The number of para-hydroxylation sites is 1. The topological polar surface area (TPSA) is 68.1 Å². The fourth-order valence-electron chi connectivity index (χ4n) is 4.14. The lowest BCUT2D eigenvalue weighted by molar-refractivity contribution is -0.130. The molecule has 1 aromatic carbocycles. The summed E-state index contributed by atoms with van der Waals surface area (Å²) in [5.41, 5.74) is 1.46. The average Bonchev–Trinajstić information content (AvgIpc) is 2.71. The lowest BCUT2D eigenvalue weighted by atomic mass is 9.92. The van der Waals surface area contributed by atoms with E-state index in [2.05, 4.69) is 18.8 Å². The van der Waals surface area contributed by atoms with Gasteiger partial charge in [0.15, 0.2) is 5.16 Å². The van der Waals surface area contributed by atoms with E-state index < -0.39 is 0 Å². The molecule has 0 radical (unpaired) electrons. The molecule has 2 unspecified atom stereocenters. The normalized spacial score (nSPS) is 19.2. The molecule has 2 atom stereocenters. The largest absolute Gasteiger partial charge is 0.341 e. The van der Waals surface area contributed by atoms with Crippen LogP contribution >= 0.6 is 11.8 Å². The van der Waals surface area contributed by atoms with Gasteiger partial charge >= 0.3 is 0 Å². The van der Waals surface area contributed by atoms with Crippen molar-refractivity contribution in [1.29, 1.82) is 0 Å². The lowest BCUT2D eigenvalue weighted by Crippen LogP contribution is -2.43. The summed E-state index contributed by atoms with van der Waals surface area (Å²) in [6.45, 7) is 7.92. The van der Waals surface area contributed by atoms with Crippen LogP contribution in [0.5, 0.6) is 0 Å². The van der Waals surface area contributed by atoms with Crippen molar-refractivity contribution in [2.45, 2.75) is 32.3 Å². The zero-order valence-corrected chi connectivity index (χ0v) is 18.4. The van der Waals surface area contributed by atoms with Gasteiger partial charge in [-0.2, -0.15) is 0 Å². The summed E-state index contributed by atoms with van der Waals surface area (Å²) < 4.78 is 1.52. The summed E-state index contributed by atoms with van der Waals surface area (Å²) in [5, 5.41) is 1.03. The fourth-order valence-corrected chi connectivity index (χ4v) is 5.04. The van der Waals surface area contributed by atoms with Crippen molar-refractivity contribution in [2.24, 2.45) is 11.8 Å². The first-order valence-corrected chi connectivity index (χ1v) is 11.3. The van der Waals surface area contributed by atoms with E-state index in [9.17, 15) is 9.59 Å². The lowest BCUT2D eigenvalue weighted by Gasteiger charge is -2.35. The number of carbonyl (C=O) groups is 1. The molecule has 1 saturated heterocycles. The van der Waals surface area contributed by atoms with Crippen LogP contribution in [0.2, 0.25) is 0 Å². The Bertz CT molecular complexity index is 1130. The summed E-state index contributed by atoms with van der Waals surface area (Å²) in [5.74, 6) is 1.88. The second kappa shape index (κ2) is 8.60. The number of thioether (sulfide) groups is 1. The van der Waals surface area contributed by atoms with Gasteiger partial charge in [0.1, 0.15) is 5.82 Å². The summed E-state index contributed by atoms with van der Waals surface area (Å²) in [6.07, 6.45) is 2.84. The first-order valence-electron chi connectivity index (χ1n) is 10.3. The molecule has 0 bridgehead atoms. The molecule has 1 fully saturated rings. The Balaban J connectivity index is 1.68. The monoisotopic (exact) mass is 422 g/mol. The van der Waals surface area contributed by atoms with Gasteiger partial charge in [-0.25, -0.2) is 14.5 Å². The van der Waals surface area contributed by atoms with E-state index in [1.807, 2.05) is 42.2 Å². The van der Waals surface area contributed by atoms with Crippen molar-refractivity contribution >= 4 is 28.6 Å². The van der Waals surface area contributed by atoms with Gasteiger partial charge in [-0.3, -0.25) is 9.59 Å². The first-order chi connectivity index (χ1) is 14.4. The van der Waals surface area contributed by atoms with Crippen LogP contribution in [0.15, 0.2) is 52.5 Å². The highest BCUT2D eigenvalue weighted by atomic mass is 32.2. The number of carbonyl (C=O) groups excluding carboxylic acids is 1. The van der Waals surface area contributed by atoms with E-state index in [-0.39, 0.29) is 17.2 Å². The quantitative estimate of drug-likeness (QED) is 0.474. The van der Waals surface area contributed by atoms with Crippen LogP contribution < -0.4 is 5.56 Å². The molecular formula is C23H26N4O2S. The number of rotatable bonds is 4. The highest BCUT2D eigenvalue weighted by Crippen LogP contribution is 2.24. The number of aromatic nitrogens is 3. The minimum atomic E-state index is -0.172. The van der Waals surface area contributed by atoms with Gasteiger partial charge in [-0.15, -0.1) is 0 Å². The molecule has 6 nitrogen and oxygen atoms in total. The number of amides is 1. The van der Waals surface area contributed by atoms with Gasteiger partial charge < -0.3 is 4.90 Å². The van der Waals surface area contributed by atoms with Gasteiger partial charge in [0.05, 0.1) is 16.7 Å². The number of nitrogens with zero attached hydrogens (tertiary/aromatic N) is 4.